The van der Waals surface area contributed by atoms with E-state index in [1.807, 2.05) is 0 Å². The van der Waals surface area contributed by atoms with Crippen molar-refractivity contribution in [3.63, 3.8) is 0 Å². The minimum atomic E-state index is -4.37. The van der Waals surface area contributed by atoms with Crippen LogP contribution in [0.4, 0.5) is 13.2 Å². The molecule has 1 aliphatic rings. The molecule has 0 amide bonds. The zero-order valence-electron chi connectivity index (χ0n) is 10.9. The molecule has 1 atom stereocenters. The SMILES string of the molecule is CCCC1CNCCN1Cc1cc(C(F)(F)F)n[nH]1. The zero-order valence-corrected chi connectivity index (χ0v) is 10.9. The number of H-pyrrole nitrogens is 1. The van der Waals surface area contributed by atoms with Gasteiger partial charge in [0.05, 0.1) is 0 Å². The third-order valence-electron chi connectivity index (χ3n) is 3.39. The van der Waals surface area contributed by atoms with E-state index in [9.17, 15) is 13.2 Å². The number of alkyl halides is 3. The van der Waals surface area contributed by atoms with E-state index in [1.165, 1.54) is 0 Å². The Balaban J connectivity index is 2.00. The Morgan fingerprint density at radius 3 is 2.89 bits per heavy atom. The fourth-order valence-electron chi connectivity index (χ4n) is 2.44. The number of hydrogen-bond acceptors (Lipinski definition) is 3. The van der Waals surface area contributed by atoms with Gasteiger partial charge in [0.25, 0.3) is 0 Å². The van der Waals surface area contributed by atoms with E-state index in [-0.39, 0.29) is 0 Å². The van der Waals surface area contributed by atoms with E-state index >= 15 is 0 Å². The highest BCUT2D eigenvalue weighted by Crippen LogP contribution is 2.28. The van der Waals surface area contributed by atoms with Gasteiger partial charge in [0, 0.05) is 37.9 Å². The lowest BCUT2D eigenvalue weighted by Crippen LogP contribution is -2.50. The van der Waals surface area contributed by atoms with E-state index in [0.717, 1.165) is 38.5 Å². The number of halogens is 3. The van der Waals surface area contributed by atoms with Crippen LogP contribution in [-0.2, 0) is 12.7 Å². The number of rotatable bonds is 4. The molecule has 19 heavy (non-hydrogen) atoms. The molecule has 1 aromatic heterocycles. The molecule has 0 saturated carbocycles. The van der Waals surface area contributed by atoms with Gasteiger partial charge in [-0.25, -0.2) is 0 Å². The molecule has 0 aromatic carbocycles. The van der Waals surface area contributed by atoms with Crippen molar-refractivity contribution in [3.05, 3.63) is 17.5 Å². The molecule has 0 radical (unpaired) electrons. The standard InChI is InChI=1S/C12H19F3N4/c1-2-3-10-7-16-4-5-19(10)8-9-6-11(18-17-9)12(13,14)15/h6,10,16H,2-5,7-8H2,1H3,(H,17,18). The maximum absolute atomic E-state index is 12.5. The van der Waals surface area contributed by atoms with Crippen LogP contribution in [-0.4, -0.2) is 40.8 Å². The summed E-state index contributed by atoms with van der Waals surface area (Å²) in [4.78, 5) is 2.22. The number of aromatic nitrogens is 2. The molecule has 1 unspecified atom stereocenters. The molecular formula is C12H19F3N4. The van der Waals surface area contributed by atoms with E-state index in [1.54, 1.807) is 0 Å². The van der Waals surface area contributed by atoms with Crippen LogP contribution < -0.4 is 5.32 Å². The van der Waals surface area contributed by atoms with Gasteiger partial charge in [0.2, 0.25) is 0 Å². The number of piperazine rings is 1. The summed E-state index contributed by atoms with van der Waals surface area (Å²) >= 11 is 0. The van der Waals surface area contributed by atoms with Gasteiger partial charge in [-0.05, 0) is 12.5 Å². The minimum Gasteiger partial charge on any atom is -0.314 e. The first kappa shape index (κ1) is 14.3. The van der Waals surface area contributed by atoms with Crippen LogP contribution in [0.25, 0.3) is 0 Å². The van der Waals surface area contributed by atoms with Crippen molar-refractivity contribution in [2.24, 2.45) is 0 Å². The molecule has 2 rings (SSSR count). The molecule has 0 bridgehead atoms. The summed E-state index contributed by atoms with van der Waals surface area (Å²) < 4.78 is 37.4. The molecule has 2 heterocycles. The predicted octanol–water partition coefficient (Wildman–Crippen LogP) is 2.00. The molecule has 0 spiro atoms. The number of aromatic amines is 1. The molecule has 4 nitrogen and oxygen atoms in total. The predicted molar refractivity (Wildman–Crippen MR) is 65.6 cm³/mol. The molecule has 0 aliphatic carbocycles. The monoisotopic (exact) mass is 276 g/mol. The average Bonchev–Trinajstić information content (AvgIpc) is 2.80. The van der Waals surface area contributed by atoms with Crippen molar-refractivity contribution in [2.75, 3.05) is 19.6 Å². The minimum absolute atomic E-state index is 0.386. The first-order valence-corrected chi connectivity index (χ1v) is 6.57. The van der Waals surface area contributed by atoms with Crippen LogP contribution in [0, 0.1) is 0 Å². The molecule has 7 heteroatoms. The van der Waals surface area contributed by atoms with Crippen LogP contribution in [0.1, 0.15) is 31.2 Å². The highest BCUT2D eigenvalue weighted by Gasteiger charge is 2.34. The normalized spacial score (nSPS) is 21.8. The Labute approximate surface area is 110 Å². The van der Waals surface area contributed by atoms with Crippen LogP contribution in [0.2, 0.25) is 0 Å². The van der Waals surface area contributed by atoms with Gasteiger partial charge in [0.15, 0.2) is 5.69 Å². The summed E-state index contributed by atoms with van der Waals surface area (Å²) in [5.41, 5.74) is -0.319. The van der Waals surface area contributed by atoms with Gasteiger partial charge in [0.1, 0.15) is 0 Å². The Bertz CT molecular complexity index is 400. The summed E-state index contributed by atoms with van der Waals surface area (Å²) in [5.74, 6) is 0. The summed E-state index contributed by atoms with van der Waals surface area (Å²) in [6.07, 6.45) is -2.26. The van der Waals surface area contributed by atoms with Crippen LogP contribution in [0.15, 0.2) is 6.07 Å². The number of nitrogens with zero attached hydrogens (tertiary/aromatic N) is 2. The fourth-order valence-corrected chi connectivity index (χ4v) is 2.44. The third kappa shape index (κ3) is 3.70. The summed E-state index contributed by atoms with van der Waals surface area (Å²) in [7, 11) is 0. The molecule has 1 aromatic rings. The average molecular weight is 276 g/mol. The lowest BCUT2D eigenvalue weighted by Gasteiger charge is -2.35. The number of nitrogens with one attached hydrogen (secondary N) is 2. The van der Waals surface area contributed by atoms with Gasteiger partial charge in [-0.15, -0.1) is 0 Å². The smallest absolute Gasteiger partial charge is 0.314 e. The second-order valence-electron chi connectivity index (χ2n) is 4.89. The maximum Gasteiger partial charge on any atom is 0.435 e. The van der Waals surface area contributed by atoms with Crippen molar-refractivity contribution < 1.29 is 13.2 Å². The number of hydrogen-bond donors (Lipinski definition) is 2. The van der Waals surface area contributed by atoms with Crippen molar-refractivity contribution >= 4 is 0 Å². The Morgan fingerprint density at radius 2 is 2.26 bits per heavy atom. The molecular weight excluding hydrogens is 257 g/mol. The third-order valence-corrected chi connectivity index (χ3v) is 3.39. The zero-order chi connectivity index (χ0) is 13.9. The molecule has 2 N–H and O–H groups in total. The summed E-state index contributed by atoms with van der Waals surface area (Å²) in [6.45, 7) is 5.24. The lowest BCUT2D eigenvalue weighted by atomic mass is 10.1. The van der Waals surface area contributed by atoms with Gasteiger partial charge >= 0.3 is 6.18 Å². The van der Waals surface area contributed by atoms with Crippen LogP contribution in [0.3, 0.4) is 0 Å². The maximum atomic E-state index is 12.5. The Hall–Kier alpha value is -1.08. The highest BCUT2D eigenvalue weighted by atomic mass is 19.4. The lowest BCUT2D eigenvalue weighted by molar-refractivity contribution is -0.141. The molecule has 1 saturated heterocycles. The van der Waals surface area contributed by atoms with Crippen molar-refractivity contribution in [3.8, 4) is 0 Å². The van der Waals surface area contributed by atoms with Crippen LogP contribution >= 0.6 is 0 Å². The first-order valence-electron chi connectivity index (χ1n) is 6.57. The second kappa shape index (κ2) is 5.92. The Kier molecular flexibility index (Phi) is 4.46. The Morgan fingerprint density at radius 1 is 1.47 bits per heavy atom. The first-order chi connectivity index (χ1) is 9.00. The van der Waals surface area contributed by atoms with E-state index < -0.39 is 11.9 Å². The van der Waals surface area contributed by atoms with Crippen LogP contribution in [0.5, 0.6) is 0 Å². The van der Waals surface area contributed by atoms with Crippen molar-refractivity contribution in [1.29, 1.82) is 0 Å². The van der Waals surface area contributed by atoms with Gasteiger partial charge in [-0.3, -0.25) is 10.00 Å². The van der Waals surface area contributed by atoms with Crippen molar-refractivity contribution in [2.45, 2.75) is 38.5 Å². The van der Waals surface area contributed by atoms with Gasteiger partial charge in [-0.2, -0.15) is 18.3 Å². The highest BCUT2D eigenvalue weighted by molar-refractivity contribution is 5.11. The van der Waals surface area contributed by atoms with Crippen molar-refractivity contribution in [1.82, 2.24) is 20.4 Å². The van der Waals surface area contributed by atoms with E-state index in [4.69, 9.17) is 0 Å². The van der Waals surface area contributed by atoms with Gasteiger partial charge in [-0.1, -0.05) is 13.3 Å². The summed E-state index contributed by atoms with van der Waals surface area (Å²) in [6, 6.07) is 1.49. The molecule has 108 valence electrons. The van der Waals surface area contributed by atoms with E-state index in [2.05, 4.69) is 27.3 Å². The molecule has 1 fully saturated rings. The fraction of sp³-hybridized carbons (Fsp3) is 0.750. The summed E-state index contributed by atoms with van der Waals surface area (Å²) in [5, 5.41) is 9.14. The van der Waals surface area contributed by atoms with Gasteiger partial charge < -0.3 is 5.32 Å². The largest absolute Gasteiger partial charge is 0.435 e. The quantitative estimate of drug-likeness (QED) is 0.884. The molecule has 1 aliphatic heterocycles. The topological polar surface area (TPSA) is 44.0 Å². The second-order valence-corrected chi connectivity index (χ2v) is 4.89. The van der Waals surface area contributed by atoms with E-state index in [0.29, 0.717) is 18.3 Å².